The lowest BCUT2D eigenvalue weighted by Crippen LogP contribution is -2.12. The van der Waals surface area contributed by atoms with Crippen molar-refractivity contribution < 1.29 is 9.32 Å². The maximum atomic E-state index is 12.0. The molecule has 2 aromatic heterocycles. The molecule has 0 spiro atoms. The van der Waals surface area contributed by atoms with Crippen LogP contribution in [0.15, 0.2) is 50.8 Å². The summed E-state index contributed by atoms with van der Waals surface area (Å²) < 4.78 is 6.02. The first-order valence-electron chi connectivity index (χ1n) is 6.63. The Bertz CT molecular complexity index is 771. The highest BCUT2D eigenvalue weighted by molar-refractivity contribution is 9.10. The summed E-state index contributed by atoms with van der Waals surface area (Å²) >= 11 is 4.94. The molecule has 0 fully saturated rings. The summed E-state index contributed by atoms with van der Waals surface area (Å²) in [5.41, 5.74) is 0.748. The number of aromatic nitrogens is 2. The van der Waals surface area contributed by atoms with Crippen LogP contribution in [-0.2, 0) is 11.2 Å². The van der Waals surface area contributed by atoms with Crippen LogP contribution in [0.2, 0.25) is 0 Å². The monoisotopic (exact) mass is 377 g/mol. The van der Waals surface area contributed by atoms with E-state index in [1.165, 1.54) is 0 Å². The number of nitrogens with one attached hydrogen (secondary N) is 1. The summed E-state index contributed by atoms with van der Waals surface area (Å²) in [6.45, 7) is 0. The van der Waals surface area contributed by atoms with E-state index >= 15 is 0 Å². The molecule has 0 atom stereocenters. The second-order valence-electron chi connectivity index (χ2n) is 4.52. The van der Waals surface area contributed by atoms with Crippen LogP contribution in [0.25, 0.3) is 10.7 Å². The van der Waals surface area contributed by atoms with Gasteiger partial charge in [-0.15, -0.1) is 11.3 Å². The summed E-state index contributed by atoms with van der Waals surface area (Å²) in [5.74, 6) is 0.935. The summed E-state index contributed by atoms with van der Waals surface area (Å²) in [4.78, 5) is 17.2. The summed E-state index contributed by atoms with van der Waals surface area (Å²) in [7, 11) is 0. The van der Waals surface area contributed by atoms with Crippen molar-refractivity contribution in [3.63, 3.8) is 0 Å². The van der Waals surface area contributed by atoms with E-state index in [1.807, 2.05) is 41.8 Å². The molecule has 1 aromatic carbocycles. The quantitative estimate of drug-likeness (QED) is 0.725. The van der Waals surface area contributed by atoms with Crippen molar-refractivity contribution in [2.24, 2.45) is 0 Å². The van der Waals surface area contributed by atoms with Crippen LogP contribution in [0.5, 0.6) is 0 Å². The molecule has 0 aliphatic rings. The van der Waals surface area contributed by atoms with Crippen molar-refractivity contribution in [3.05, 3.63) is 52.1 Å². The molecule has 3 aromatic rings. The third-order valence-electron chi connectivity index (χ3n) is 2.92. The Kier molecular flexibility index (Phi) is 4.65. The van der Waals surface area contributed by atoms with Gasteiger partial charge in [0.15, 0.2) is 0 Å². The van der Waals surface area contributed by atoms with Gasteiger partial charge < -0.3 is 9.84 Å². The Morgan fingerprint density at radius 3 is 2.91 bits per heavy atom. The lowest BCUT2D eigenvalue weighted by Gasteiger charge is -2.05. The Balaban J connectivity index is 1.56. The number of aryl methyl sites for hydroxylation is 1. The molecule has 7 heteroatoms. The van der Waals surface area contributed by atoms with E-state index in [9.17, 15) is 4.79 Å². The normalized spacial score (nSPS) is 10.6. The summed E-state index contributed by atoms with van der Waals surface area (Å²) in [5, 5.41) is 8.72. The van der Waals surface area contributed by atoms with Crippen LogP contribution >= 0.6 is 27.3 Å². The number of amides is 1. The smallest absolute Gasteiger partial charge is 0.227 e. The highest BCUT2D eigenvalue weighted by Gasteiger charge is 2.11. The highest BCUT2D eigenvalue weighted by atomic mass is 79.9. The third-order valence-corrected chi connectivity index (χ3v) is 4.48. The maximum absolute atomic E-state index is 12.0. The minimum Gasteiger partial charge on any atom is -0.339 e. The van der Waals surface area contributed by atoms with Crippen LogP contribution in [-0.4, -0.2) is 16.0 Å². The number of para-hydroxylation sites is 1. The van der Waals surface area contributed by atoms with Gasteiger partial charge in [0, 0.05) is 17.3 Å². The van der Waals surface area contributed by atoms with Crippen LogP contribution < -0.4 is 5.32 Å². The molecule has 5 nitrogen and oxygen atoms in total. The number of carbonyl (C=O) groups is 1. The number of halogens is 1. The Hall–Kier alpha value is -1.99. The van der Waals surface area contributed by atoms with Gasteiger partial charge in [0.05, 0.1) is 10.6 Å². The third kappa shape index (κ3) is 3.61. The standard InChI is InChI=1S/C15H12BrN3O2S/c16-10-4-1-2-5-11(10)17-13(20)7-8-14-18-15(19-21-14)12-6-3-9-22-12/h1-6,9H,7-8H2,(H,17,20). The molecule has 0 bridgehead atoms. The predicted molar refractivity (Wildman–Crippen MR) is 88.7 cm³/mol. The molecule has 0 radical (unpaired) electrons. The van der Waals surface area contributed by atoms with Crippen LogP contribution in [0.1, 0.15) is 12.3 Å². The van der Waals surface area contributed by atoms with E-state index < -0.39 is 0 Å². The number of anilines is 1. The average Bonchev–Trinajstić information content (AvgIpc) is 3.18. The Labute approximate surface area is 139 Å². The van der Waals surface area contributed by atoms with Crippen molar-refractivity contribution in [2.75, 3.05) is 5.32 Å². The minimum atomic E-state index is -0.0947. The Morgan fingerprint density at radius 2 is 2.14 bits per heavy atom. The number of carbonyl (C=O) groups excluding carboxylic acids is 1. The molecule has 112 valence electrons. The predicted octanol–water partition coefficient (Wildman–Crippen LogP) is 4.13. The van der Waals surface area contributed by atoms with Crippen LogP contribution in [0.3, 0.4) is 0 Å². The minimum absolute atomic E-state index is 0.0947. The summed E-state index contributed by atoms with van der Waals surface area (Å²) in [6, 6.07) is 11.3. The van der Waals surface area contributed by atoms with E-state index in [1.54, 1.807) is 11.3 Å². The SMILES string of the molecule is O=C(CCc1nc(-c2cccs2)no1)Nc1ccccc1Br. The number of hydrogen-bond donors (Lipinski definition) is 1. The zero-order chi connectivity index (χ0) is 15.4. The molecule has 22 heavy (non-hydrogen) atoms. The average molecular weight is 378 g/mol. The van der Waals surface area contributed by atoms with Gasteiger partial charge in [0.25, 0.3) is 0 Å². The molecule has 0 aliphatic heterocycles. The van der Waals surface area contributed by atoms with Gasteiger partial charge in [0.2, 0.25) is 17.6 Å². The second kappa shape index (κ2) is 6.85. The molecular formula is C15H12BrN3O2S. The molecule has 0 saturated carbocycles. The molecule has 1 amide bonds. The molecule has 0 aliphatic carbocycles. The van der Waals surface area contributed by atoms with E-state index in [0.717, 1.165) is 15.0 Å². The fourth-order valence-corrected chi connectivity index (χ4v) is 2.89. The molecule has 0 unspecified atom stereocenters. The van der Waals surface area contributed by atoms with E-state index in [-0.39, 0.29) is 12.3 Å². The van der Waals surface area contributed by atoms with Gasteiger partial charge in [-0.1, -0.05) is 23.4 Å². The molecule has 3 rings (SSSR count). The number of thiophene rings is 1. The van der Waals surface area contributed by atoms with Gasteiger partial charge in [-0.05, 0) is 39.5 Å². The number of hydrogen-bond acceptors (Lipinski definition) is 5. The zero-order valence-electron chi connectivity index (χ0n) is 11.5. The van der Waals surface area contributed by atoms with Crippen molar-refractivity contribution >= 4 is 38.9 Å². The molecular weight excluding hydrogens is 366 g/mol. The molecule has 2 heterocycles. The van der Waals surface area contributed by atoms with Crippen molar-refractivity contribution in [1.29, 1.82) is 0 Å². The van der Waals surface area contributed by atoms with Crippen molar-refractivity contribution in [3.8, 4) is 10.7 Å². The number of nitrogens with zero attached hydrogens (tertiary/aromatic N) is 2. The fraction of sp³-hybridized carbons (Fsp3) is 0.133. The topological polar surface area (TPSA) is 68.0 Å². The maximum Gasteiger partial charge on any atom is 0.227 e. The van der Waals surface area contributed by atoms with E-state index in [4.69, 9.17) is 4.52 Å². The van der Waals surface area contributed by atoms with Crippen LogP contribution in [0.4, 0.5) is 5.69 Å². The first-order valence-corrected chi connectivity index (χ1v) is 8.30. The van der Waals surface area contributed by atoms with Gasteiger partial charge in [-0.25, -0.2) is 0 Å². The van der Waals surface area contributed by atoms with Crippen LogP contribution in [0, 0.1) is 0 Å². The first kappa shape index (κ1) is 14.9. The van der Waals surface area contributed by atoms with Gasteiger partial charge in [-0.3, -0.25) is 4.79 Å². The largest absolute Gasteiger partial charge is 0.339 e. The lowest BCUT2D eigenvalue weighted by atomic mass is 10.2. The number of benzene rings is 1. The summed E-state index contributed by atoms with van der Waals surface area (Å²) in [6.07, 6.45) is 0.696. The van der Waals surface area contributed by atoms with Crippen molar-refractivity contribution in [2.45, 2.75) is 12.8 Å². The highest BCUT2D eigenvalue weighted by Crippen LogP contribution is 2.22. The van der Waals surface area contributed by atoms with E-state index in [2.05, 4.69) is 31.4 Å². The zero-order valence-corrected chi connectivity index (χ0v) is 13.9. The van der Waals surface area contributed by atoms with Gasteiger partial charge >= 0.3 is 0 Å². The molecule has 0 saturated heterocycles. The molecule has 1 N–H and O–H groups in total. The van der Waals surface area contributed by atoms with E-state index in [0.29, 0.717) is 18.1 Å². The number of rotatable bonds is 5. The van der Waals surface area contributed by atoms with Gasteiger partial charge in [0.1, 0.15) is 0 Å². The first-order chi connectivity index (χ1) is 10.7. The van der Waals surface area contributed by atoms with Gasteiger partial charge in [-0.2, -0.15) is 4.98 Å². The van der Waals surface area contributed by atoms with Crippen molar-refractivity contribution in [1.82, 2.24) is 10.1 Å². The second-order valence-corrected chi connectivity index (χ2v) is 6.32. The lowest BCUT2D eigenvalue weighted by molar-refractivity contribution is -0.116. The fourth-order valence-electron chi connectivity index (χ4n) is 1.86. The Morgan fingerprint density at radius 1 is 1.27 bits per heavy atom.